The summed E-state index contributed by atoms with van der Waals surface area (Å²) in [4.78, 5) is 38.2. The molecule has 7 rings (SSSR count). The average Bonchev–Trinajstić information content (AvgIpc) is 3.53. The molecule has 4 fully saturated rings. The van der Waals surface area contributed by atoms with Crippen LogP contribution in [0.2, 0.25) is 0 Å². The number of amides is 2. The summed E-state index contributed by atoms with van der Waals surface area (Å²) in [5.41, 5.74) is 4.57. The fraction of sp³-hybridized carbons (Fsp3) is 0.545. The zero-order valence-electron chi connectivity index (χ0n) is 33.2. The van der Waals surface area contributed by atoms with Crippen molar-refractivity contribution < 1.29 is 29.4 Å². The highest BCUT2D eigenvalue weighted by atomic mass is 16.7. The van der Waals surface area contributed by atoms with Gasteiger partial charge in [-0.2, -0.15) is 5.06 Å². The Balaban J connectivity index is 1.21. The lowest BCUT2D eigenvalue weighted by Gasteiger charge is -2.62. The summed E-state index contributed by atoms with van der Waals surface area (Å²) < 4.78 is 6.02. The molecule has 1 aliphatic heterocycles. The number of aliphatic hydroxyl groups excluding tert-OH is 2. The lowest BCUT2D eigenvalue weighted by atomic mass is 9.45. The number of carbonyl (C=O) groups is 2. The standard InChI is InChI=1S/C44H60N4O6/c1-27-36-22-33(44(36,3)4)23-37(27)45-42(51)40-39(28(2)50)38(26-49)54-48(40)24-32-15-12-16-35(41(32)53-8)30-17-19-31(20-18-30)43(52)47(7)34(25-46(5)6)21-29-13-10-9-11-14-29/h9-20,27-28,33-34,36-40,49-50H,21-26H2,1-8H3,(H,45,51)/t27-,28-,33+,34-,36-,37-,38-,39+,40-/m0/s1. The molecule has 3 N–H and O–H groups in total. The smallest absolute Gasteiger partial charge is 0.253 e. The van der Waals surface area contributed by atoms with Gasteiger partial charge < -0.3 is 30.1 Å². The van der Waals surface area contributed by atoms with Gasteiger partial charge in [0.2, 0.25) is 5.91 Å². The van der Waals surface area contributed by atoms with E-state index in [2.05, 4.69) is 43.1 Å². The van der Waals surface area contributed by atoms with Gasteiger partial charge in [0.15, 0.2) is 0 Å². The van der Waals surface area contributed by atoms with Gasteiger partial charge in [0, 0.05) is 48.3 Å². The van der Waals surface area contributed by atoms with Gasteiger partial charge in [0.1, 0.15) is 17.9 Å². The highest BCUT2D eigenvalue weighted by Crippen LogP contribution is 2.61. The Kier molecular flexibility index (Phi) is 12.2. The van der Waals surface area contributed by atoms with Crippen LogP contribution in [0.1, 0.15) is 62.0 Å². The van der Waals surface area contributed by atoms with Crippen LogP contribution >= 0.6 is 0 Å². The summed E-state index contributed by atoms with van der Waals surface area (Å²) in [6.07, 6.45) is 1.28. The van der Waals surface area contributed by atoms with Crippen molar-refractivity contribution in [1.29, 1.82) is 0 Å². The Bertz CT molecular complexity index is 1750. The van der Waals surface area contributed by atoms with Gasteiger partial charge in [-0.3, -0.25) is 14.4 Å². The van der Waals surface area contributed by atoms with Crippen molar-refractivity contribution in [2.24, 2.45) is 29.1 Å². The number of benzene rings is 3. The zero-order chi connectivity index (χ0) is 38.9. The van der Waals surface area contributed by atoms with Crippen molar-refractivity contribution in [2.75, 3.05) is 41.4 Å². The normalized spacial score (nSPS) is 27.2. The van der Waals surface area contributed by atoms with Crippen LogP contribution in [0.25, 0.3) is 11.1 Å². The first-order chi connectivity index (χ1) is 25.7. The number of ether oxygens (including phenoxy) is 1. The van der Waals surface area contributed by atoms with Crippen molar-refractivity contribution in [1.82, 2.24) is 20.2 Å². The molecule has 4 aliphatic rings. The topological polar surface area (TPSA) is 115 Å². The predicted molar refractivity (Wildman–Crippen MR) is 211 cm³/mol. The lowest BCUT2D eigenvalue weighted by molar-refractivity contribution is -0.183. The number of hydrogen-bond acceptors (Lipinski definition) is 8. The molecule has 2 amide bonds. The Hall–Kier alpha value is -3.80. The largest absolute Gasteiger partial charge is 0.496 e. The molecule has 0 unspecified atom stereocenters. The SMILES string of the molecule is COc1c(CN2O[C@@H](CO)[C@@H]([C@H](C)O)[C@H]2C(=O)N[C@H]2C[C@H]3C[C@@H]([C@@H]2C)C3(C)C)cccc1-c1ccc(C(=O)N(C)[C@@H](Cc2ccccc2)CN(C)C)cc1. The molecule has 2 bridgehead atoms. The van der Waals surface area contributed by atoms with Crippen LogP contribution < -0.4 is 10.1 Å². The molecule has 0 radical (unpaired) electrons. The number of nitrogens with one attached hydrogen (secondary N) is 1. The maximum absolute atomic E-state index is 14.2. The maximum Gasteiger partial charge on any atom is 0.253 e. The van der Waals surface area contributed by atoms with E-state index in [1.807, 2.05) is 86.7 Å². The van der Waals surface area contributed by atoms with E-state index < -0.39 is 24.2 Å². The predicted octanol–water partition coefficient (Wildman–Crippen LogP) is 5.27. The van der Waals surface area contributed by atoms with Gasteiger partial charge in [-0.15, -0.1) is 0 Å². The van der Waals surface area contributed by atoms with E-state index in [1.165, 1.54) is 12.0 Å². The minimum atomic E-state index is -0.885. The first-order valence-electron chi connectivity index (χ1n) is 19.5. The number of likely N-dealkylation sites (N-methyl/N-ethyl adjacent to an activating group) is 2. The third-order valence-electron chi connectivity index (χ3n) is 12.9. The van der Waals surface area contributed by atoms with E-state index in [-0.39, 0.29) is 37.0 Å². The highest BCUT2D eigenvalue weighted by molar-refractivity contribution is 5.95. The first-order valence-corrected chi connectivity index (χ1v) is 19.5. The molecule has 9 atom stereocenters. The summed E-state index contributed by atoms with van der Waals surface area (Å²) in [6.45, 7) is 9.18. The molecule has 292 valence electrons. The number of aliphatic hydroxyl groups is 2. The Morgan fingerprint density at radius 3 is 2.31 bits per heavy atom. The summed E-state index contributed by atoms with van der Waals surface area (Å²) in [5.74, 6) is 1.25. The number of hydroxylamine groups is 2. The minimum Gasteiger partial charge on any atom is -0.496 e. The van der Waals surface area contributed by atoms with E-state index in [1.54, 1.807) is 19.1 Å². The van der Waals surface area contributed by atoms with Gasteiger partial charge in [-0.25, -0.2) is 0 Å². The Morgan fingerprint density at radius 1 is 1.02 bits per heavy atom. The number of carbonyl (C=O) groups excluding carboxylic acids is 2. The quantitative estimate of drug-likeness (QED) is 0.205. The molecule has 3 aromatic carbocycles. The highest BCUT2D eigenvalue weighted by Gasteiger charge is 2.57. The van der Waals surface area contributed by atoms with E-state index in [0.29, 0.717) is 34.5 Å². The van der Waals surface area contributed by atoms with Crippen LogP contribution in [-0.4, -0.2) is 109 Å². The molecular weight excluding hydrogens is 681 g/mol. The molecule has 3 aliphatic carbocycles. The molecule has 0 spiro atoms. The average molecular weight is 741 g/mol. The van der Waals surface area contributed by atoms with Gasteiger partial charge in [0.25, 0.3) is 5.91 Å². The van der Waals surface area contributed by atoms with Crippen molar-refractivity contribution in [3.63, 3.8) is 0 Å². The van der Waals surface area contributed by atoms with Crippen LogP contribution in [0.3, 0.4) is 0 Å². The van der Waals surface area contributed by atoms with E-state index in [4.69, 9.17) is 9.57 Å². The number of para-hydroxylation sites is 1. The lowest BCUT2D eigenvalue weighted by Crippen LogP contribution is -2.62. The second kappa shape index (κ2) is 16.5. The molecule has 3 saturated carbocycles. The van der Waals surface area contributed by atoms with E-state index >= 15 is 0 Å². The van der Waals surface area contributed by atoms with Crippen LogP contribution in [0.15, 0.2) is 72.8 Å². The number of hydrogen-bond donors (Lipinski definition) is 3. The number of rotatable bonds is 14. The van der Waals surface area contributed by atoms with Gasteiger partial charge >= 0.3 is 0 Å². The molecule has 1 saturated heterocycles. The second-order valence-corrected chi connectivity index (χ2v) is 16.8. The van der Waals surface area contributed by atoms with E-state index in [9.17, 15) is 19.8 Å². The molecule has 1 heterocycles. The third-order valence-corrected chi connectivity index (χ3v) is 12.9. The molecule has 54 heavy (non-hydrogen) atoms. The van der Waals surface area contributed by atoms with Crippen molar-refractivity contribution in [3.8, 4) is 16.9 Å². The van der Waals surface area contributed by atoms with Crippen LogP contribution in [0.4, 0.5) is 0 Å². The second-order valence-electron chi connectivity index (χ2n) is 16.8. The fourth-order valence-electron chi connectivity index (χ4n) is 9.62. The zero-order valence-corrected chi connectivity index (χ0v) is 33.2. The van der Waals surface area contributed by atoms with Gasteiger partial charge in [-0.05, 0) is 86.7 Å². The summed E-state index contributed by atoms with van der Waals surface area (Å²) in [7, 11) is 7.53. The van der Waals surface area contributed by atoms with E-state index in [0.717, 1.165) is 36.1 Å². The summed E-state index contributed by atoms with van der Waals surface area (Å²) in [6, 6.07) is 22.9. The molecular formula is C44H60N4O6. The van der Waals surface area contributed by atoms with Crippen molar-refractivity contribution in [2.45, 2.75) is 83.8 Å². The monoisotopic (exact) mass is 740 g/mol. The molecule has 3 aromatic rings. The van der Waals surface area contributed by atoms with Gasteiger partial charge in [-0.1, -0.05) is 81.4 Å². The van der Waals surface area contributed by atoms with Crippen LogP contribution in [0, 0.1) is 29.1 Å². The van der Waals surface area contributed by atoms with Gasteiger partial charge in [0.05, 0.1) is 26.4 Å². The first kappa shape index (κ1) is 39.9. The summed E-state index contributed by atoms with van der Waals surface area (Å²) >= 11 is 0. The van der Waals surface area contributed by atoms with Crippen molar-refractivity contribution in [3.05, 3.63) is 89.5 Å². The van der Waals surface area contributed by atoms with Crippen LogP contribution in [0.5, 0.6) is 5.75 Å². The number of nitrogens with zero attached hydrogens (tertiary/aromatic N) is 3. The maximum atomic E-state index is 14.2. The Morgan fingerprint density at radius 2 is 1.72 bits per heavy atom. The number of methoxy groups -OCH3 is 1. The minimum absolute atomic E-state index is 0.00672. The number of fused-ring (bicyclic) bond motifs is 2. The molecule has 0 aromatic heterocycles. The van der Waals surface area contributed by atoms with Crippen molar-refractivity contribution >= 4 is 11.8 Å². The Labute approximate surface area is 321 Å². The fourth-order valence-corrected chi connectivity index (χ4v) is 9.62. The summed E-state index contributed by atoms with van der Waals surface area (Å²) in [5, 5.41) is 26.2. The third kappa shape index (κ3) is 7.95. The molecule has 10 heteroatoms. The van der Waals surface area contributed by atoms with Crippen LogP contribution in [-0.2, 0) is 22.6 Å². The molecule has 10 nitrogen and oxygen atoms in total.